The summed E-state index contributed by atoms with van der Waals surface area (Å²) in [7, 11) is 0. The third-order valence-electron chi connectivity index (χ3n) is 4.05. The minimum Gasteiger partial charge on any atom is -0.494 e. The highest BCUT2D eigenvalue weighted by Crippen LogP contribution is 2.22. The first-order valence-electron chi connectivity index (χ1n) is 9.32. The SMILES string of the molecule is CCCCOc1ccc(C2=N/C(=C\c3ccc(OCC(N)=O)cc3)C(=O)O2)cc1. The second-order valence-corrected chi connectivity index (χ2v) is 6.39. The molecule has 2 aromatic rings. The van der Waals surface area contributed by atoms with Crippen LogP contribution in [-0.2, 0) is 14.3 Å². The molecular weight excluding hydrogens is 372 g/mol. The number of hydrogen-bond acceptors (Lipinski definition) is 6. The number of esters is 1. The number of nitrogens with zero attached hydrogens (tertiary/aromatic N) is 1. The van der Waals surface area contributed by atoms with Crippen LogP contribution in [0.2, 0.25) is 0 Å². The van der Waals surface area contributed by atoms with Gasteiger partial charge in [-0.3, -0.25) is 4.79 Å². The number of ether oxygens (including phenoxy) is 3. The molecule has 2 aromatic carbocycles. The number of primary amides is 1. The molecule has 0 bridgehead atoms. The Morgan fingerprint density at radius 2 is 1.72 bits per heavy atom. The van der Waals surface area contributed by atoms with Crippen molar-refractivity contribution >= 4 is 23.9 Å². The van der Waals surface area contributed by atoms with Crippen LogP contribution in [0.25, 0.3) is 6.08 Å². The first-order chi connectivity index (χ1) is 14.0. The van der Waals surface area contributed by atoms with Gasteiger partial charge >= 0.3 is 5.97 Å². The van der Waals surface area contributed by atoms with Gasteiger partial charge in [-0.1, -0.05) is 25.5 Å². The maximum atomic E-state index is 12.1. The number of benzene rings is 2. The topological polar surface area (TPSA) is 100 Å². The Bertz CT molecular complexity index is 931. The van der Waals surface area contributed by atoms with Crippen molar-refractivity contribution in [3.8, 4) is 11.5 Å². The summed E-state index contributed by atoms with van der Waals surface area (Å²) in [6.45, 7) is 2.59. The summed E-state index contributed by atoms with van der Waals surface area (Å²) < 4.78 is 16.1. The summed E-state index contributed by atoms with van der Waals surface area (Å²) in [5.74, 6) is 0.458. The second kappa shape index (κ2) is 9.54. The molecule has 3 rings (SSSR count). The molecule has 0 saturated carbocycles. The molecule has 0 saturated heterocycles. The Kier molecular flexibility index (Phi) is 6.63. The molecule has 1 amide bonds. The lowest BCUT2D eigenvalue weighted by atomic mass is 10.2. The van der Waals surface area contributed by atoms with E-state index in [4.69, 9.17) is 19.9 Å². The van der Waals surface area contributed by atoms with Gasteiger partial charge in [0.05, 0.1) is 6.61 Å². The number of cyclic esters (lactones) is 1. The average Bonchev–Trinajstić information content (AvgIpc) is 3.08. The van der Waals surface area contributed by atoms with Gasteiger partial charge in [0.25, 0.3) is 5.91 Å². The van der Waals surface area contributed by atoms with Crippen molar-refractivity contribution in [2.45, 2.75) is 19.8 Å². The summed E-state index contributed by atoms with van der Waals surface area (Å²) >= 11 is 0. The highest BCUT2D eigenvalue weighted by atomic mass is 16.6. The summed E-state index contributed by atoms with van der Waals surface area (Å²) in [6, 6.07) is 14.1. The minimum atomic E-state index is -0.549. The first kappa shape index (κ1) is 20.1. The van der Waals surface area contributed by atoms with Crippen molar-refractivity contribution in [3.05, 3.63) is 65.4 Å². The van der Waals surface area contributed by atoms with Gasteiger partial charge < -0.3 is 19.9 Å². The fourth-order valence-electron chi connectivity index (χ4n) is 2.53. The third-order valence-corrected chi connectivity index (χ3v) is 4.05. The van der Waals surface area contributed by atoms with E-state index in [0.717, 1.165) is 24.2 Å². The summed E-state index contributed by atoms with van der Waals surface area (Å²) in [5.41, 5.74) is 6.68. The Morgan fingerprint density at radius 3 is 2.38 bits per heavy atom. The smallest absolute Gasteiger partial charge is 0.363 e. The van der Waals surface area contributed by atoms with Crippen molar-refractivity contribution in [2.75, 3.05) is 13.2 Å². The fourth-order valence-corrected chi connectivity index (χ4v) is 2.53. The van der Waals surface area contributed by atoms with E-state index >= 15 is 0 Å². The highest BCUT2D eigenvalue weighted by molar-refractivity contribution is 6.12. The van der Waals surface area contributed by atoms with Crippen LogP contribution in [0.4, 0.5) is 0 Å². The molecule has 1 aliphatic rings. The molecule has 0 aromatic heterocycles. The Labute approximate surface area is 168 Å². The summed E-state index contributed by atoms with van der Waals surface area (Å²) in [6.07, 6.45) is 3.69. The lowest BCUT2D eigenvalue weighted by Gasteiger charge is -2.05. The Balaban J connectivity index is 1.68. The largest absolute Gasteiger partial charge is 0.494 e. The monoisotopic (exact) mass is 394 g/mol. The van der Waals surface area contributed by atoms with Crippen LogP contribution in [0.1, 0.15) is 30.9 Å². The number of rotatable bonds is 9. The van der Waals surface area contributed by atoms with Crippen LogP contribution in [-0.4, -0.2) is 31.0 Å². The number of aliphatic imine (C=N–C) groups is 1. The van der Waals surface area contributed by atoms with Gasteiger partial charge in [0, 0.05) is 5.56 Å². The van der Waals surface area contributed by atoms with E-state index in [9.17, 15) is 9.59 Å². The van der Waals surface area contributed by atoms with Crippen LogP contribution in [0.3, 0.4) is 0 Å². The molecule has 0 unspecified atom stereocenters. The quantitative estimate of drug-likeness (QED) is 0.400. The van der Waals surface area contributed by atoms with E-state index < -0.39 is 11.9 Å². The standard InChI is InChI=1S/C22H22N2O5/c1-2-3-12-27-17-10-6-16(7-11-17)21-24-19(22(26)29-21)13-15-4-8-18(9-5-15)28-14-20(23)25/h4-11,13H,2-3,12,14H2,1H3,(H2,23,25)/b19-13-. The molecule has 29 heavy (non-hydrogen) atoms. The molecular formula is C22H22N2O5. The van der Waals surface area contributed by atoms with Crippen molar-refractivity contribution in [1.82, 2.24) is 0 Å². The molecule has 150 valence electrons. The third kappa shape index (κ3) is 5.68. The summed E-state index contributed by atoms with van der Waals surface area (Å²) in [4.78, 5) is 27.2. The molecule has 0 fully saturated rings. The van der Waals surface area contributed by atoms with E-state index in [1.807, 2.05) is 12.1 Å². The van der Waals surface area contributed by atoms with Crippen molar-refractivity contribution in [3.63, 3.8) is 0 Å². The number of carbonyl (C=O) groups is 2. The predicted molar refractivity (Wildman–Crippen MR) is 109 cm³/mol. The van der Waals surface area contributed by atoms with Gasteiger partial charge in [-0.05, 0) is 54.5 Å². The molecule has 2 N–H and O–H groups in total. The number of nitrogens with two attached hydrogens (primary N) is 1. The average molecular weight is 394 g/mol. The van der Waals surface area contributed by atoms with Crippen LogP contribution in [0, 0.1) is 0 Å². The molecule has 0 atom stereocenters. The molecule has 0 radical (unpaired) electrons. The lowest BCUT2D eigenvalue weighted by Crippen LogP contribution is -2.19. The van der Waals surface area contributed by atoms with Gasteiger partial charge in [0.1, 0.15) is 11.5 Å². The maximum absolute atomic E-state index is 12.1. The highest BCUT2D eigenvalue weighted by Gasteiger charge is 2.24. The number of hydrogen-bond donors (Lipinski definition) is 1. The van der Waals surface area contributed by atoms with Gasteiger partial charge in [-0.15, -0.1) is 0 Å². The van der Waals surface area contributed by atoms with Crippen molar-refractivity contribution in [1.29, 1.82) is 0 Å². The molecule has 0 aliphatic carbocycles. The van der Waals surface area contributed by atoms with Crippen molar-refractivity contribution in [2.24, 2.45) is 10.7 Å². The molecule has 0 spiro atoms. The predicted octanol–water partition coefficient (Wildman–Crippen LogP) is 3.07. The zero-order valence-electron chi connectivity index (χ0n) is 16.1. The maximum Gasteiger partial charge on any atom is 0.363 e. The zero-order chi connectivity index (χ0) is 20.6. The lowest BCUT2D eigenvalue weighted by molar-refractivity contribution is -0.130. The Morgan fingerprint density at radius 1 is 1.07 bits per heavy atom. The fraction of sp³-hybridized carbons (Fsp3) is 0.227. The zero-order valence-corrected chi connectivity index (χ0v) is 16.1. The normalized spacial score (nSPS) is 14.4. The number of unbranched alkanes of at least 4 members (excludes halogenated alkanes) is 1. The van der Waals surface area contributed by atoms with Crippen LogP contribution < -0.4 is 15.2 Å². The second-order valence-electron chi connectivity index (χ2n) is 6.39. The van der Waals surface area contributed by atoms with E-state index in [1.54, 1.807) is 42.5 Å². The van der Waals surface area contributed by atoms with E-state index in [0.29, 0.717) is 17.9 Å². The molecule has 1 aliphatic heterocycles. The van der Waals surface area contributed by atoms with Crippen LogP contribution >= 0.6 is 0 Å². The number of amides is 1. The number of carbonyl (C=O) groups excluding carboxylic acids is 2. The van der Waals surface area contributed by atoms with E-state index in [1.165, 1.54) is 0 Å². The molecule has 7 nitrogen and oxygen atoms in total. The first-order valence-corrected chi connectivity index (χ1v) is 9.32. The minimum absolute atomic E-state index is 0.192. The van der Waals surface area contributed by atoms with Gasteiger partial charge in [-0.25, -0.2) is 9.79 Å². The molecule has 1 heterocycles. The van der Waals surface area contributed by atoms with E-state index in [2.05, 4.69) is 11.9 Å². The molecule has 7 heteroatoms. The Hall–Kier alpha value is -3.61. The van der Waals surface area contributed by atoms with Gasteiger partial charge in [0.15, 0.2) is 12.3 Å². The summed E-state index contributed by atoms with van der Waals surface area (Å²) in [5, 5.41) is 0. The van der Waals surface area contributed by atoms with Crippen molar-refractivity contribution < 1.29 is 23.8 Å². The van der Waals surface area contributed by atoms with Crippen LogP contribution in [0.15, 0.2) is 59.2 Å². The van der Waals surface area contributed by atoms with E-state index in [-0.39, 0.29) is 18.2 Å². The van der Waals surface area contributed by atoms with Gasteiger partial charge in [0.2, 0.25) is 5.90 Å². The van der Waals surface area contributed by atoms with Gasteiger partial charge in [-0.2, -0.15) is 0 Å². The van der Waals surface area contributed by atoms with Crippen LogP contribution in [0.5, 0.6) is 11.5 Å².